The molecule has 4 nitrogen and oxygen atoms in total. The maximum Gasteiger partial charge on any atom is 0.0926 e. The molecule has 4 heteroatoms. The van der Waals surface area contributed by atoms with E-state index >= 15 is 0 Å². The first kappa shape index (κ1) is 8.23. The van der Waals surface area contributed by atoms with Crippen LogP contribution < -0.4 is 5.73 Å². The average molecular weight is 155 g/mol. The molecule has 0 unspecified atom stereocenters. The van der Waals surface area contributed by atoms with E-state index in [1.807, 2.05) is 13.2 Å². The molecule has 0 spiro atoms. The molecule has 0 aliphatic heterocycles. The van der Waals surface area contributed by atoms with Crippen molar-refractivity contribution in [1.29, 1.82) is 0 Å². The number of aryl methyl sites for hydroxylation is 1. The van der Waals surface area contributed by atoms with Gasteiger partial charge in [-0.05, 0) is 0 Å². The second-order valence-electron chi connectivity index (χ2n) is 2.41. The van der Waals surface area contributed by atoms with Gasteiger partial charge in [0.05, 0.1) is 12.3 Å². The van der Waals surface area contributed by atoms with Gasteiger partial charge in [0.1, 0.15) is 0 Å². The lowest BCUT2D eigenvalue weighted by molar-refractivity contribution is 0.180. The third-order valence-corrected chi connectivity index (χ3v) is 1.49. The SMILES string of the molecule is COCc1nn(C)cc1CN. The number of ether oxygens (including phenoxy) is 1. The van der Waals surface area contributed by atoms with Crippen molar-refractivity contribution in [2.24, 2.45) is 12.8 Å². The molecule has 11 heavy (non-hydrogen) atoms. The third-order valence-electron chi connectivity index (χ3n) is 1.49. The van der Waals surface area contributed by atoms with E-state index < -0.39 is 0 Å². The van der Waals surface area contributed by atoms with Crippen molar-refractivity contribution in [2.75, 3.05) is 7.11 Å². The minimum Gasteiger partial charge on any atom is -0.378 e. The molecule has 1 heterocycles. The van der Waals surface area contributed by atoms with Gasteiger partial charge >= 0.3 is 0 Å². The molecular weight excluding hydrogens is 142 g/mol. The van der Waals surface area contributed by atoms with E-state index in [-0.39, 0.29) is 0 Å². The van der Waals surface area contributed by atoms with E-state index in [1.165, 1.54) is 0 Å². The molecule has 0 aromatic carbocycles. The van der Waals surface area contributed by atoms with Crippen molar-refractivity contribution in [3.63, 3.8) is 0 Å². The average Bonchev–Trinajstić information content (AvgIpc) is 2.32. The molecule has 1 aromatic heterocycles. The molecule has 0 bridgehead atoms. The molecule has 0 atom stereocenters. The smallest absolute Gasteiger partial charge is 0.0926 e. The van der Waals surface area contributed by atoms with Crippen molar-refractivity contribution in [3.05, 3.63) is 17.5 Å². The molecule has 0 aliphatic carbocycles. The van der Waals surface area contributed by atoms with Gasteiger partial charge in [-0.3, -0.25) is 4.68 Å². The summed E-state index contributed by atoms with van der Waals surface area (Å²) < 4.78 is 6.70. The fourth-order valence-electron chi connectivity index (χ4n) is 1.01. The summed E-state index contributed by atoms with van der Waals surface area (Å²) in [5, 5.41) is 4.18. The molecule has 1 aromatic rings. The van der Waals surface area contributed by atoms with Gasteiger partial charge in [-0.25, -0.2) is 0 Å². The molecule has 0 saturated carbocycles. The number of hydrogen-bond acceptors (Lipinski definition) is 3. The van der Waals surface area contributed by atoms with Crippen LogP contribution in [0.25, 0.3) is 0 Å². The predicted molar refractivity (Wildman–Crippen MR) is 41.8 cm³/mol. The first-order valence-electron chi connectivity index (χ1n) is 3.48. The van der Waals surface area contributed by atoms with Gasteiger partial charge in [0.25, 0.3) is 0 Å². The highest BCUT2D eigenvalue weighted by molar-refractivity contribution is 5.15. The van der Waals surface area contributed by atoms with Crippen molar-refractivity contribution in [3.8, 4) is 0 Å². The molecule has 0 saturated heterocycles. The molecule has 1 rings (SSSR count). The second kappa shape index (κ2) is 3.50. The van der Waals surface area contributed by atoms with Crippen LogP contribution in [0, 0.1) is 0 Å². The Morgan fingerprint density at radius 3 is 3.00 bits per heavy atom. The summed E-state index contributed by atoms with van der Waals surface area (Å²) in [6.45, 7) is 1.06. The molecule has 0 aliphatic rings. The largest absolute Gasteiger partial charge is 0.378 e. The van der Waals surface area contributed by atoms with Crippen molar-refractivity contribution in [2.45, 2.75) is 13.2 Å². The minimum atomic E-state index is 0.520. The van der Waals surface area contributed by atoms with Crippen LogP contribution in [-0.4, -0.2) is 16.9 Å². The zero-order valence-corrected chi connectivity index (χ0v) is 6.87. The van der Waals surface area contributed by atoms with E-state index in [9.17, 15) is 0 Å². The Bertz CT molecular complexity index is 232. The molecule has 0 radical (unpaired) electrons. The minimum absolute atomic E-state index is 0.520. The van der Waals surface area contributed by atoms with E-state index in [0.29, 0.717) is 13.2 Å². The first-order valence-corrected chi connectivity index (χ1v) is 3.48. The topological polar surface area (TPSA) is 53.1 Å². The summed E-state index contributed by atoms with van der Waals surface area (Å²) >= 11 is 0. The van der Waals surface area contributed by atoms with Gasteiger partial charge < -0.3 is 10.5 Å². The summed E-state index contributed by atoms with van der Waals surface area (Å²) in [4.78, 5) is 0. The maximum absolute atomic E-state index is 5.49. The van der Waals surface area contributed by atoms with Crippen LogP contribution in [0.5, 0.6) is 0 Å². The number of hydrogen-bond donors (Lipinski definition) is 1. The molecule has 2 N–H and O–H groups in total. The van der Waals surface area contributed by atoms with Crippen molar-refractivity contribution < 1.29 is 4.74 Å². The van der Waals surface area contributed by atoms with E-state index in [0.717, 1.165) is 11.3 Å². The van der Waals surface area contributed by atoms with Gasteiger partial charge in [0, 0.05) is 32.5 Å². The number of nitrogens with two attached hydrogens (primary N) is 1. The fourth-order valence-corrected chi connectivity index (χ4v) is 1.01. The van der Waals surface area contributed by atoms with Gasteiger partial charge in [-0.1, -0.05) is 0 Å². The number of nitrogens with zero attached hydrogens (tertiary/aromatic N) is 2. The fraction of sp³-hybridized carbons (Fsp3) is 0.571. The van der Waals surface area contributed by atoms with Crippen molar-refractivity contribution in [1.82, 2.24) is 9.78 Å². The van der Waals surface area contributed by atoms with Gasteiger partial charge in [-0.2, -0.15) is 5.10 Å². The molecule has 62 valence electrons. The van der Waals surface area contributed by atoms with Crippen LogP contribution in [0.4, 0.5) is 0 Å². The third kappa shape index (κ3) is 1.78. The van der Waals surface area contributed by atoms with Crippen LogP contribution >= 0.6 is 0 Å². The van der Waals surface area contributed by atoms with E-state index in [2.05, 4.69) is 5.10 Å². The summed E-state index contributed by atoms with van der Waals surface area (Å²) in [5.41, 5.74) is 7.46. The lowest BCUT2D eigenvalue weighted by Crippen LogP contribution is -2.00. The van der Waals surface area contributed by atoms with Crippen LogP contribution in [-0.2, 0) is 24.9 Å². The Hall–Kier alpha value is -0.870. The van der Waals surface area contributed by atoms with Crippen molar-refractivity contribution >= 4 is 0 Å². The van der Waals surface area contributed by atoms with Crippen LogP contribution in [0.1, 0.15) is 11.3 Å². The second-order valence-corrected chi connectivity index (χ2v) is 2.41. The van der Waals surface area contributed by atoms with Crippen LogP contribution in [0.3, 0.4) is 0 Å². The molecule has 0 amide bonds. The quantitative estimate of drug-likeness (QED) is 0.669. The maximum atomic E-state index is 5.49. The zero-order chi connectivity index (χ0) is 8.27. The lowest BCUT2D eigenvalue weighted by atomic mass is 10.2. The monoisotopic (exact) mass is 155 g/mol. The van der Waals surface area contributed by atoms with Crippen LogP contribution in [0.2, 0.25) is 0 Å². The highest BCUT2D eigenvalue weighted by Gasteiger charge is 2.04. The summed E-state index contributed by atoms with van der Waals surface area (Å²) in [6, 6.07) is 0. The Morgan fingerprint density at radius 2 is 2.45 bits per heavy atom. The summed E-state index contributed by atoms with van der Waals surface area (Å²) in [7, 11) is 3.52. The van der Waals surface area contributed by atoms with E-state index in [1.54, 1.807) is 11.8 Å². The van der Waals surface area contributed by atoms with Crippen LogP contribution in [0.15, 0.2) is 6.20 Å². The highest BCUT2D eigenvalue weighted by atomic mass is 16.5. The Morgan fingerprint density at radius 1 is 1.73 bits per heavy atom. The standard InChI is InChI=1S/C7H13N3O/c1-10-4-6(3-8)7(9-10)5-11-2/h4H,3,5,8H2,1-2H3. The summed E-state index contributed by atoms with van der Waals surface area (Å²) in [6.07, 6.45) is 1.91. The first-order chi connectivity index (χ1) is 5.27. The summed E-state index contributed by atoms with van der Waals surface area (Å²) in [5.74, 6) is 0. The predicted octanol–water partition coefficient (Wildman–Crippen LogP) is 0.0252. The van der Waals surface area contributed by atoms with Gasteiger partial charge in [-0.15, -0.1) is 0 Å². The number of rotatable bonds is 3. The highest BCUT2D eigenvalue weighted by Crippen LogP contribution is 2.05. The Balaban J connectivity index is 2.83. The number of methoxy groups -OCH3 is 1. The molecule has 0 fully saturated rings. The van der Waals surface area contributed by atoms with Gasteiger partial charge in [0.15, 0.2) is 0 Å². The Labute approximate surface area is 66.0 Å². The van der Waals surface area contributed by atoms with E-state index in [4.69, 9.17) is 10.5 Å². The number of aromatic nitrogens is 2. The normalized spacial score (nSPS) is 10.5. The lowest BCUT2D eigenvalue weighted by Gasteiger charge is -1.95. The zero-order valence-electron chi connectivity index (χ0n) is 6.87. The molecular formula is C7H13N3O. The van der Waals surface area contributed by atoms with Gasteiger partial charge in [0.2, 0.25) is 0 Å². The Kier molecular flexibility index (Phi) is 2.62.